The summed E-state index contributed by atoms with van der Waals surface area (Å²) in [5.41, 5.74) is 2.36. The SMILES string of the molecule is CC12CCC(NCc3ccc4cc(O)ccc4c3)(CC1)CC2. The Morgan fingerprint density at radius 2 is 1.55 bits per heavy atom. The molecule has 0 unspecified atom stereocenters. The molecule has 0 radical (unpaired) electrons. The summed E-state index contributed by atoms with van der Waals surface area (Å²) in [5.74, 6) is 0.338. The lowest BCUT2D eigenvalue weighted by Crippen LogP contribution is -2.53. The van der Waals surface area contributed by atoms with E-state index in [1.807, 2.05) is 12.1 Å². The summed E-state index contributed by atoms with van der Waals surface area (Å²) in [6.45, 7) is 3.42. The van der Waals surface area contributed by atoms with E-state index in [1.54, 1.807) is 6.07 Å². The number of phenolic OH excluding ortho intramolecular Hbond substituents is 1. The zero-order valence-electron chi connectivity index (χ0n) is 13.4. The van der Waals surface area contributed by atoms with E-state index in [-0.39, 0.29) is 0 Å². The van der Waals surface area contributed by atoms with Gasteiger partial charge in [-0.3, -0.25) is 0 Å². The maximum Gasteiger partial charge on any atom is 0.116 e. The molecule has 0 spiro atoms. The van der Waals surface area contributed by atoms with Crippen LogP contribution in [0.4, 0.5) is 0 Å². The minimum Gasteiger partial charge on any atom is -0.508 e. The van der Waals surface area contributed by atoms with E-state index in [2.05, 4.69) is 30.4 Å². The zero-order chi connectivity index (χ0) is 15.2. The van der Waals surface area contributed by atoms with E-state index in [0.717, 1.165) is 11.9 Å². The Morgan fingerprint density at radius 3 is 2.27 bits per heavy atom. The Labute approximate surface area is 132 Å². The van der Waals surface area contributed by atoms with Gasteiger partial charge in [0, 0.05) is 12.1 Å². The molecule has 0 heterocycles. The van der Waals surface area contributed by atoms with Gasteiger partial charge in [0.2, 0.25) is 0 Å². The minimum atomic E-state index is 0.338. The highest BCUT2D eigenvalue weighted by Crippen LogP contribution is 2.51. The van der Waals surface area contributed by atoms with Gasteiger partial charge in [0.1, 0.15) is 5.75 Å². The first kappa shape index (κ1) is 14.1. The number of aromatic hydroxyl groups is 1. The molecule has 0 amide bonds. The van der Waals surface area contributed by atoms with Crippen molar-refractivity contribution in [3.63, 3.8) is 0 Å². The third-order valence-electron chi connectivity index (χ3n) is 6.18. The van der Waals surface area contributed by atoms with Gasteiger partial charge in [-0.1, -0.05) is 25.1 Å². The molecule has 0 atom stereocenters. The van der Waals surface area contributed by atoms with Crippen LogP contribution in [0, 0.1) is 5.41 Å². The molecular formula is C20H25NO. The molecule has 2 heteroatoms. The minimum absolute atomic E-state index is 0.338. The first-order chi connectivity index (χ1) is 10.6. The lowest BCUT2D eigenvalue weighted by Gasteiger charge is -2.52. The van der Waals surface area contributed by atoms with Crippen molar-refractivity contribution in [3.05, 3.63) is 42.0 Å². The molecule has 3 aliphatic rings. The predicted molar refractivity (Wildman–Crippen MR) is 91.0 cm³/mol. The van der Waals surface area contributed by atoms with Crippen molar-refractivity contribution in [2.45, 2.75) is 57.5 Å². The Morgan fingerprint density at radius 1 is 0.909 bits per heavy atom. The lowest BCUT2D eigenvalue weighted by molar-refractivity contribution is 0.0360. The Kier molecular flexibility index (Phi) is 3.19. The molecule has 2 nitrogen and oxygen atoms in total. The summed E-state index contributed by atoms with van der Waals surface area (Å²) < 4.78 is 0. The second kappa shape index (κ2) is 4.99. The fourth-order valence-corrected chi connectivity index (χ4v) is 4.32. The molecule has 0 aromatic heterocycles. The highest BCUT2D eigenvalue weighted by atomic mass is 16.3. The quantitative estimate of drug-likeness (QED) is 0.856. The number of nitrogens with one attached hydrogen (secondary N) is 1. The van der Waals surface area contributed by atoms with Crippen LogP contribution in [0.5, 0.6) is 5.75 Å². The van der Waals surface area contributed by atoms with Crippen molar-refractivity contribution in [1.82, 2.24) is 5.32 Å². The van der Waals surface area contributed by atoms with E-state index in [9.17, 15) is 5.11 Å². The van der Waals surface area contributed by atoms with Gasteiger partial charge in [0.05, 0.1) is 0 Å². The number of hydrogen-bond donors (Lipinski definition) is 2. The van der Waals surface area contributed by atoms with Crippen molar-refractivity contribution in [2.75, 3.05) is 0 Å². The molecule has 3 saturated carbocycles. The van der Waals surface area contributed by atoms with Crippen LogP contribution < -0.4 is 5.32 Å². The molecule has 5 rings (SSSR count). The van der Waals surface area contributed by atoms with Crippen molar-refractivity contribution < 1.29 is 5.11 Å². The normalized spacial score (nSPS) is 30.8. The summed E-state index contributed by atoms with van der Waals surface area (Å²) in [6.07, 6.45) is 8.17. The average Bonchev–Trinajstić information content (AvgIpc) is 2.54. The molecule has 3 aliphatic carbocycles. The number of benzene rings is 2. The van der Waals surface area contributed by atoms with Gasteiger partial charge in [0.25, 0.3) is 0 Å². The molecule has 3 fully saturated rings. The summed E-state index contributed by atoms with van der Waals surface area (Å²) in [6, 6.07) is 12.1. The topological polar surface area (TPSA) is 32.3 Å². The van der Waals surface area contributed by atoms with Crippen LogP contribution in [0.2, 0.25) is 0 Å². The van der Waals surface area contributed by atoms with Gasteiger partial charge >= 0.3 is 0 Å². The fraction of sp³-hybridized carbons (Fsp3) is 0.500. The van der Waals surface area contributed by atoms with Gasteiger partial charge in [0.15, 0.2) is 0 Å². The van der Waals surface area contributed by atoms with Crippen LogP contribution in [0.25, 0.3) is 10.8 Å². The number of rotatable bonds is 3. The lowest BCUT2D eigenvalue weighted by atomic mass is 9.58. The molecule has 116 valence electrons. The van der Waals surface area contributed by atoms with Gasteiger partial charge < -0.3 is 10.4 Å². The smallest absolute Gasteiger partial charge is 0.116 e. The summed E-state index contributed by atoms with van der Waals surface area (Å²) >= 11 is 0. The van der Waals surface area contributed by atoms with Gasteiger partial charge in [-0.2, -0.15) is 0 Å². The third kappa shape index (κ3) is 2.50. The Balaban J connectivity index is 1.49. The Hall–Kier alpha value is -1.54. The van der Waals surface area contributed by atoms with E-state index in [0.29, 0.717) is 16.7 Å². The average molecular weight is 295 g/mol. The van der Waals surface area contributed by atoms with Crippen molar-refractivity contribution >= 4 is 10.8 Å². The van der Waals surface area contributed by atoms with Gasteiger partial charge in [-0.15, -0.1) is 0 Å². The standard InChI is InChI=1S/C20H25NO/c1-19-6-9-20(10-7-19,11-8-19)21-14-15-2-3-17-13-18(22)5-4-16(17)12-15/h2-5,12-13,21-22H,6-11,14H2,1H3. The van der Waals surface area contributed by atoms with Crippen LogP contribution in [0.3, 0.4) is 0 Å². The summed E-state index contributed by atoms with van der Waals surface area (Å²) in [7, 11) is 0. The summed E-state index contributed by atoms with van der Waals surface area (Å²) in [5, 5.41) is 15.7. The van der Waals surface area contributed by atoms with E-state index >= 15 is 0 Å². The summed E-state index contributed by atoms with van der Waals surface area (Å²) in [4.78, 5) is 0. The third-order valence-corrected chi connectivity index (χ3v) is 6.18. The van der Waals surface area contributed by atoms with Gasteiger partial charge in [-0.05, 0) is 78.5 Å². The molecule has 0 saturated heterocycles. The van der Waals surface area contributed by atoms with Gasteiger partial charge in [-0.25, -0.2) is 0 Å². The molecular weight excluding hydrogens is 270 g/mol. The first-order valence-corrected chi connectivity index (χ1v) is 8.53. The van der Waals surface area contributed by atoms with E-state index in [4.69, 9.17) is 0 Å². The molecule has 0 aliphatic heterocycles. The predicted octanol–water partition coefficient (Wildman–Crippen LogP) is 4.75. The van der Waals surface area contributed by atoms with Crippen LogP contribution in [0.15, 0.2) is 36.4 Å². The first-order valence-electron chi connectivity index (χ1n) is 8.53. The highest BCUT2D eigenvalue weighted by Gasteiger charge is 2.45. The maximum atomic E-state index is 9.55. The molecule has 2 N–H and O–H groups in total. The second-order valence-electron chi connectivity index (χ2n) is 7.81. The highest BCUT2D eigenvalue weighted by molar-refractivity contribution is 5.84. The second-order valence-corrected chi connectivity index (χ2v) is 7.81. The molecule has 2 aromatic carbocycles. The molecule has 2 bridgehead atoms. The fourth-order valence-electron chi connectivity index (χ4n) is 4.32. The monoisotopic (exact) mass is 295 g/mol. The molecule has 22 heavy (non-hydrogen) atoms. The van der Waals surface area contributed by atoms with Crippen molar-refractivity contribution in [3.8, 4) is 5.75 Å². The van der Waals surface area contributed by atoms with Crippen molar-refractivity contribution in [1.29, 1.82) is 0 Å². The zero-order valence-corrected chi connectivity index (χ0v) is 13.4. The number of hydrogen-bond acceptors (Lipinski definition) is 2. The number of fused-ring (bicyclic) bond motifs is 4. The Bertz CT molecular complexity index is 681. The van der Waals surface area contributed by atoms with E-state index in [1.165, 1.54) is 49.5 Å². The number of phenols is 1. The van der Waals surface area contributed by atoms with Crippen LogP contribution in [0.1, 0.15) is 51.0 Å². The maximum absolute atomic E-state index is 9.55. The molecule has 2 aromatic rings. The largest absolute Gasteiger partial charge is 0.508 e. The van der Waals surface area contributed by atoms with Crippen LogP contribution in [-0.2, 0) is 6.54 Å². The van der Waals surface area contributed by atoms with Crippen molar-refractivity contribution in [2.24, 2.45) is 5.41 Å². The van der Waals surface area contributed by atoms with Crippen LogP contribution >= 0.6 is 0 Å². The van der Waals surface area contributed by atoms with E-state index < -0.39 is 0 Å². The van der Waals surface area contributed by atoms with Crippen LogP contribution in [-0.4, -0.2) is 10.6 Å².